The smallest absolute Gasteiger partial charge is 0.326 e. The Hall–Kier alpha value is -2.86. The number of carbonyl (C=O) groups excluding carboxylic acids is 2. The van der Waals surface area contributed by atoms with Crippen LogP contribution < -0.4 is 4.90 Å². The zero-order valence-electron chi connectivity index (χ0n) is 19.9. The van der Waals surface area contributed by atoms with Crippen molar-refractivity contribution in [2.45, 2.75) is 39.3 Å². The number of nitrogens with zero attached hydrogens (tertiary/aromatic N) is 3. The first kappa shape index (κ1) is 23.8. The average Bonchev–Trinajstić information content (AvgIpc) is 2.74. The number of hydrogen-bond donors (Lipinski definition) is 0. The van der Waals surface area contributed by atoms with Crippen molar-refractivity contribution in [3.8, 4) is 0 Å². The predicted molar refractivity (Wildman–Crippen MR) is 128 cm³/mol. The van der Waals surface area contributed by atoms with E-state index in [1.807, 2.05) is 64.0 Å². The SMILES string of the molecule is CN(C)CCN(CC(=O)OC(C)(C)C)C(=O)c1ccc(N2CCc3ccccc3C2)cc1. The second-order valence-electron chi connectivity index (χ2n) is 9.60. The van der Waals surface area contributed by atoms with Gasteiger partial charge in [0, 0.05) is 37.4 Å². The molecule has 0 unspecified atom stereocenters. The topological polar surface area (TPSA) is 53.1 Å². The molecule has 0 saturated heterocycles. The molecule has 0 fully saturated rings. The Balaban J connectivity index is 1.70. The van der Waals surface area contributed by atoms with E-state index in [1.54, 1.807) is 4.90 Å². The van der Waals surface area contributed by atoms with Crippen molar-refractivity contribution >= 4 is 17.6 Å². The molecule has 0 saturated carbocycles. The molecule has 1 aliphatic heterocycles. The number of likely N-dealkylation sites (N-methyl/N-ethyl adjacent to an activating group) is 1. The van der Waals surface area contributed by atoms with Crippen molar-refractivity contribution in [3.63, 3.8) is 0 Å². The van der Waals surface area contributed by atoms with Gasteiger partial charge in [-0.05, 0) is 76.7 Å². The maximum atomic E-state index is 13.2. The molecule has 172 valence electrons. The number of ether oxygens (including phenoxy) is 1. The van der Waals surface area contributed by atoms with Crippen molar-refractivity contribution in [3.05, 3.63) is 65.2 Å². The van der Waals surface area contributed by atoms with Crippen LogP contribution in [0.1, 0.15) is 42.3 Å². The lowest BCUT2D eigenvalue weighted by Gasteiger charge is -2.31. The Labute approximate surface area is 191 Å². The molecule has 1 amide bonds. The molecule has 0 aliphatic carbocycles. The van der Waals surface area contributed by atoms with Gasteiger partial charge in [-0.15, -0.1) is 0 Å². The van der Waals surface area contributed by atoms with Crippen LogP contribution in [0.4, 0.5) is 5.69 Å². The minimum absolute atomic E-state index is 0.0609. The molecule has 0 bridgehead atoms. The lowest BCUT2D eigenvalue weighted by atomic mass is 9.99. The van der Waals surface area contributed by atoms with Crippen LogP contribution in [0, 0.1) is 0 Å². The van der Waals surface area contributed by atoms with E-state index < -0.39 is 11.6 Å². The molecule has 1 heterocycles. The summed E-state index contributed by atoms with van der Waals surface area (Å²) in [6.45, 7) is 8.37. The van der Waals surface area contributed by atoms with E-state index in [2.05, 4.69) is 29.2 Å². The molecule has 1 aliphatic rings. The first-order chi connectivity index (χ1) is 15.1. The number of rotatable bonds is 7. The summed E-state index contributed by atoms with van der Waals surface area (Å²) in [4.78, 5) is 31.5. The first-order valence-corrected chi connectivity index (χ1v) is 11.2. The summed E-state index contributed by atoms with van der Waals surface area (Å²) >= 11 is 0. The van der Waals surface area contributed by atoms with Gasteiger partial charge >= 0.3 is 5.97 Å². The molecule has 0 spiro atoms. The minimum Gasteiger partial charge on any atom is -0.459 e. The number of hydrogen-bond acceptors (Lipinski definition) is 5. The van der Waals surface area contributed by atoms with Gasteiger partial charge in [0.2, 0.25) is 0 Å². The minimum atomic E-state index is -0.581. The van der Waals surface area contributed by atoms with E-state index in [4.69, 9.17) is 4.74 Å². The Morgan fingerprint density at radius 3 is 2.25 bits per heavy atom. The summed E-state index contributed by atoms with van der Waals surface area (Å²) < 4.78 is 5.44. The fraction of sp³-hybridized carbons (Fsp3) is 0.462. The molecular weight excluding hydrogens is 402 g/mol. The number of anilines is 1. The molecule has 6 nitrogen and oxygen atoms in total. The Bertz CT molecular complexity index is 932. The quantitative estimate of drug-likeness (QED) is 0.620. The normalized spacial score (nSPS) is 13.6. The van der Waals surface area contributed by atoms with E-state index in [0.29, 0.717) is 18.7 Å². The van der Waals surface area contributed by atoms with Crippen LogP contribution >= 0.6 is 0 Å². The van der Waals surface area contributed by atoms with Crippen LogP contribution in [0.3, 0.4) is 0 Å². The van der Waals surface area contributed by atoms with Gasteiger partial charge in [0.1, 0.15) is 12.1 Å². The fourth-order valence-electron chi connectivity index (χ4n) is 3.82. The zero-order chi connectivity index (χ0) is 23.3. The Morgan fingerprint density at radius 1 is 0.969 bits per heavy atom. The van der Waals surface area contributed by atoms with E-state index in [-0.39, 0.29) is 12.5 Å². The fourth-order valence-corrected chi connectivity index (χ4v) is 3.82. The van der Waals surface area contributed by atoms with Gasteiger partial charge < -0.3 is 19.4 Å². The number of amides is 1. The molecule has 0 aromatic heterocycles. The third-order valence-electron chi connectivity index (χ3n) is 5.45. The van der Waals surface area contributed by atoms with Crippen molar-refractivity contribution in [1.82, 2.24) is 9.80 Å². The van der Waals surface area contributed by atoms with Crippen LogP contribution in [0.15, 0.2) is 48.5 Å². The first-order valence-electron chi connectivity index (χ1n) is 11.2. The van der Waals surface area contributed by atoms with E-state index in [1.165, 1.54) is 11.1 Å². The summed E-state index contributed by atoms with van der Waals surface area (Å²) in [5, 5.41) is 0. The molecular formula is C26H35N3O3. The molecule has 0 N–H and O–H groups in total. The number of esters is 1. The van der Waals surface area contributed by atoms with Gasteiger partial charge in [-0.1, -0.05) is 24.3 Å². The highest BCUT2D eigenvalue weighted by Gasteiger charge is 2.23. The lowest BCUT2D eigenvalue weighted by molar-refractivity contribution is -0.155. The molecule has 0 atom stereocenters. The van der Waals surface area contributed by atoms with E-state index >= 15 is 0 Å². The van der Waals surface area contributed by atoms with Crippen LogP contribution in [0.2, 0.25) is 0 Å². The molecule has 32 heavy (non-hydrogen) atoms. The third kappa shape index (κ3) is 6.57. The summed E-state index contributed by atoms with van der Waals surface area (Å²) in [6, 6.07) is 16.3. The van der Waals surface area contributed by atoms with Gasteiger partial charge in [0.25, 0.3) is 5.91 Å². The van der Waals surface area contributed by atoms with Gasteiger partial charge in [0.15, 0.2) is 0 Å². The maximum Gasteiger partial charge on any atom is 0.326 e. The van der Waals surface area contributed by atoms with Gasteiger partial charge in [-0.25, -0.2) is 0 Å². The van der Waals surface area contributed by atoms with Crippen molar-refractivity contribution < 1.29 is 14.3 Å². The number of benzene rings is 2. The number of fused-ring (bicyclic) bond motifs is 1. The Kier molecular flexibility index (Phi) is 7.56. The van der Waals surface area contributed by atoms with Crippen molar-refractivity contribution in [1.29, 1.82) is 0 Å². The molecule has 2 aromatic rings. The molecule has 3 rings (SSSR count). The van der Waals surface area contributed by atoms with Gasteiger partial charge in [0.05, 0.1) is 0 Å². The summed E-state index contributed by atoms with van der Waals surface area (Å²) in [6.07, 6.45) is 1.02. The average molecular weight is 438 g/mol. The summed E-state index contributed by atoms with van der Waals surface area (Å²) in [5.74, 6) is -0.554. The van der Waals surface area contributed by atoms with Gasteiger partial charge in [-0.2, -0.15) is 0 Å². The van der Waals surface area contributed by atoms with E-state index in [9.17, 15) is 9.59 Å². The van der Waals surface area contributed by atoms with Crippen LogP contribution in [0.25, 0.3) is 0 Å². The molecule has 0 radical (unpaired) electrons. The van der Waals surface area contributed by atoms with Crippen LogP contribution in [0.5, 0.6) is 0 Å². The van der Waals surface area contributed by atoms with Crippen molar-refractivity contribution in [2.75, 3.05) is 45.2 Å². The Morgan fingerprint density at radius 2 is 1.62 bits per heavy atom. The second-order valence-corrected chi connectivity index (χ2v) is 9.60. The zero-order valence-corrected chi connectivity index (χ0v) is 19.9. The monoisotopic (exact) mass is 437 g/mol. The van der Waals surface area contributed by atoms with Crippen molar-refractivity contribution in [2.24, 2.45) is 0 Å². The van der Waals surface area contributed by atoms with Crippen LogP contribution in [-0.2, 0) is 22.5 Å². The van der Waals surface area contributed by atoms with Crippen LogP contribution in [-0.4, -0.2) is 67.6 Å². The lowest BCUT2D eigenvalue weighted by Crippen LogP contribution is -2.42. The third-order valence-corrected chi connectivity index (χ3v) is 5.45. The molecule has 6 heteroatoms. The largest absolute Gasteiger partial charge is 0.459 e. The van der Waals surface area contributed by atoms with Gasteiger partial charge in [-0.3, -0.25) is 9.59 Å². The summed E-state index contributed by atoms with van der Waals surface area (Å²) in [5.41, 5.74) is 3.86. The number of carbonyl (C=O) groups is 2. The predicted octanol–water partition coefficient (Wildman–Crippen LogP) is 3.59. The highest BCUT2D eigenvalue weighted by atomic mass is 16.6. The summed E-state index contributed by atoms with van der Waals surface area (Å²) in [7, 11) is 3.89. The highest BCUT2D eigenvalue weighted by Crippen LogP contribution is 2.25. The second kappa shape index (κ2) is 10.2. The molecule has 2 aromatic carbocycles. The maximum absolute atomic E-state index is 13.2. The van der Waals surface area contributed by atoms with E-state index in [0.717, 1.165) is 25.2 Å². The standard InChI is InChI=1S/C26H35N3O3/c1-26(2,3)32-24(30)19-29(17-16-27(4)5)25(31)21-10-12-23(13-11-21)28-15-14-20-8-6-7-9-22(20)18-28/h6-13H,14-19H2,1-5H3. The highest BCUT2D eigenvalue weighted by molar-refractivity contribution is 5.96.